The molecule has 1 aliphatic rings. The third-order valence-corrected chi connectivity index (χ3v) is 4.47. The van der Waals surface area contributed by atoms with Gasteiger partial charge in [0.05, 0.1) is 13.2 Å². The lowest BCUT2D eigenvalue weighted by molar-refractivity contribution is 0.0342. The Morgan fingerprint density at radius 3 is 2.59 bits per heavy atom. The molecular weight excluding hydrogens is 296 g/mol. The number of benzene rings is 1. The standard InChI is InChI=1S/C16H22N4OS/c1-2-15-18-16(22-19-15)17-11-13-3-5-14(6-4-13)12-20-7-9-21-10-8-20/h3-6H,2,7-12H2,1H3,(H,17,18,19). The molecule has 22 heavy (non-hydrogen) atoms. The molecule has 0 unspecified atom stereocenters. The van der Waals surface area contributed by atoms with Crippen molar-refractivity contribution < 1.29 is 4.74 Å². The monoisotopic (exact) mass is 318 g/mol. The van der Waals surface area contributed by atoms with Crippen LogP contribution >= 0.6 is 11.5 Å². The fourth-order valence-electron chi connectivity index (χ4n) is 2.43. The Bertz CT molecular complexity index is 578. The van der Waals surface area contributed by atoms with Crippen molar-refractivity contribution in [1.29, 1.82) is 0 Å². The van der Waals surface area contributed by atoms with E-state index in [1.807, 2.05) is 0 Å². The summed E-state index contributed by atoms with van der Waals surface area (Å²) >= 11 is 1.43. The van der Waals surface area contributed by atoms with Gasteiger partial charge in [-0.3, -0.25) is 4.90 Å². The first-order chi connectivity index (χ1) is 10.8. The summed E-state index contributed by atoms with van der Waals surface area (Å²) in [5.41, 5.74) is 2.62. The molecule has 118 valence electrons. The van der Waals surface area contributed by atoms with Crippen molar-refractivity contribution in [2.45, 2.75) is 26.4 Å². The van der Waals surface area contributed by atoms with E-state index in [9.17, 15) is 0 Å². The maximum Gasteiger partial charge on any atom is 0.202 e. The van der Waals surface area contributed by atoms with E-state index < -0.39 is 0 Å². The number of rotatable bonds is 6. The summed E-state index contributed by atoms with van der Waals surface area (Å²) in [6.45, 7) is 7.62. The van der Waals surface area contributed by atoms with E-state index in [0.717, 1.165) is 56.8 Å². The highest BCUT2D eigenvalue weighted by atomic mass is 32.1. The topological polar surface area (TPSA) is 50.3 Å². The molecule has 1 aliphatic heterocycles. The van der Waals surface area contributed by atoms with Crippen LogP contribution in [0.2, 0.25) is 0 Å². The lowest BCUT2D eigenvalue weighted by Gasteiger charge is -2.26. The summed E-state index contributed by atoms with van der Waals surface area (Å²) in [5.74, 6) is 0.911. The molecule has 3 rings (SSSR count). The normalized spacial score (nSPS) is 15.9. The quantitative estimate of drug-likeness (QED) is 0.887. The summed E-state index contributed by atoms with van der Waals surface area (Å²) < 4.78 is 9.66. The second-order valence-corrected chi connectivity index (χ2v) is 6.18. The van der Waals surface area contributed by atoms with Crippen LogP contribution in [-0.2, 0) is 24.2 Å². The Morgan fingerprint density at radius 1 is 1.18 bits per heavy atom. The number of aryl methyl sites for hydroxylation is 1. The number of ether oxygens (including phenoxy) is 1. The van der Waals surface area contributed by atoms with Gasteiger partial charge in [-0.2, -0.15) is 4.37 Å². The molecule has 5 nitrogen and oxygen atoms in total. The highest BCUT2D eigenvalue weighted by Crippen LogP contribution is 2.14. The van der Waals surface area contributed by atoms with Crippen molar-refractivity contribution in [3.63, 3.8) is 0 Å². The average molecular weight is 318 g/mol. The smallest absolute Gasteiger partial charge is 0.202 e. The van der Waals surface area contributed by atoms with Gasteiger partial charge in [0.1, 0.15) is 5.82 Å². The molecule has 0 amide bonds. The minimum atomic E-state index is 0.788. The molecule has 1 aromatic heterocycles. The number of nitrogens with zero attached hydrogens (tertiary/aromatic N) is 3. The van der Waals surface area contributed by atoms with Crippen LogP contribution in [-0.4, -0.2) is 40.6 Å². The SMILES string of the molecule is CCc1nsc(NCc2ccc(CN3CCOCC3)cc2)n1. The number of hydrogen-bond donors (Lipinski definition) is 1. The molecule has 0 radical (unpaired) electrons. The van der Waals surface area contributed by atoms with Gasteiger partial charge in [-0.25, -0.2) is 4.98 Å². The number of aromatic nitrogens is 2. The Balaban J connectivity index is 1.50. The van der Waals surface area contributed by atoms with Crippen LogP contribution in [0.25, 0.3) is 0 Å². The fourth-order valence-corrected chi connectivity index (χ4v) is 3.07. The Morgan fingerprint density at radius 2 is 1.91 bits per heavy atom. The van der Waals surface area contributed by atoms with Gasteiger partial charge >= 0.3 is 0 Å². The Hall–Kier alpha value is -1.50. The molecule has 0 spiro atoms. The van der Waals surface area contributed by atoms with Gasteiger partial charge in [0, 0.05) is 44.1 Å². The lowest BCUT2D eigenvalue weighted by atomic mass is 10.1. The van der Waals surface area contributed by atoms with Crippen molar-refractivity contribution >= 4 is 16.7 Å². The molecule has 1 fully saturated rings. The van der Waals surface area contributed by atoms with E-state index in [0.29, 0.717) is 0 Å². The van der Waals surface area contributed by atoms with Gasteiger partial charge in [-0.1, -0.05) is 31.2 Å². The van der Waals surface area contributed by atoms with E-state index >= 15 is 0 Å². The van der Waals surface area contributed by atoms with Crippen LogP contribution in [0.4, 0.5) is 5.13 Å². The molecule has 6 heteroatoms. The second-order valence-electron chi connectivity index (χ2n) is 5.43. The Kier molecular flexibility index (Phi) is 5.37. The van der Waals surface area contributed by atoms with Gasteiger partial charge in [-0.05, 0) is 11.1 Å². The van der Waals surface area contributed by atoms with Crippen LogP contribution in [0, 0.1) is 0 Å². The third kappa shape index (κ3) is 4.25. The molecule has 1 saturated heterocycles. The predicted molar refractivity (Wildman–Crippen MR) is 89.2 cm³/mol. The van der Waals surface area contributed by atoms with Crippen LogP contribution in [0.15, 0.2) is 24.3 Å². The molecular formula is C16H22N4OS. The molecule has 0 aliphatic carbocycles. The molecule has 1 aromatic carbocycles. The van der Waals surface area contributed by atoms with E-state index in [-0.39, 0.29) is 0 Å². The number of anilines is 1. The number of morpholine rings is 1. The summed E-state index contributed by atoms with van der Waals surface area (Å²) in [7, 11) is 0. The van der Waals surface area contributed by atoms with Crippen LogP contribution in [0.5, 0.6) is 0 Å². The summed E-state index contributed by atoms with van der Waals surface area (Å²) in [5, 5.41) is 4.23. The van der Waals surface area contributed by atoms with E-state index in [4.69, 9.17) is 4.74 Å². The van der Waals surface area contributed by atoms with E-state index in [1.54, 1.807) is 0 Å². The molecule has 2 heterocycles. The summed E-state index contributed by atoms with van der Waals surface area (Å²) in [6, 6.07) is 8.79. The highest BCUT2D eigenvalue weighted by Gasteiger charge is 2.10. The predicted octanol–water partition coefficient (Wildman–Crippen LogP) is 2.54. The van der Waals surface area contributed by atoms with Gasteiger partial charge < -0.3 is 10.1 Å². The van der Waals surface area contributed by atoms with Crippen molar-refractivity contribution in [1.82, 2.24) is 14.3 Å². The minimum absolute atomic E-state index is 0.788. The zero-order valence-corrected chi connectivity index (χ0v) is 13.7. The van der Waals surface area contributed by atoms with Crippen LogP contribution in [0.3, 0.4) is 0 Å². The first-order valence-electron chi connectivity index (χ1n) is 7.78. The maximum absolute atomic E-state index is 5.38. The molecule has 1 N–H and O–H groups in total. The van der Waals surface area contributed by atoms with Crippen LogP contribution < -0.4 is 5.32 Å². The van der Waals surface area contributed by atoms with Gasteiger partial charge in [0.2, 0.25) is 5.13 Å². The van der Waals surface area contributed by atoms with Gasteiger partial charge in [0.25, 0.3) is 0 Å². The van der Waals surface area contributed by atoms with E-state index in [1.165, 1.54) is 22.7 Å². The molecule has 0 bridgehead atoms. The summed E-state index contributed by atoms with van der Waals surface area (Å²) in [4.78, 5) is 6.85. The van der Waals surface area contributed by atoms with Gasteiger partial charge in [-0.15, -0.1) is 0 Å². The van der Waals surface area contributed by atoms with Crippen LogP contribution in [0.1, 0.15) is 23.9 Å². The van der Waals surface area contributed by atoms with Crippen molar-refractivity contribution in [2.75, 3.05) is 31.6 Å². The first kappa shape index (κ1) is 15.4. The zero-order chi connectivity index (χ0) is 15.2. The molecule has 0 atom stereocenters. The van der Waals surface area contributed by atoms with E-state index in [2.05, 4.69) is 50.8 Å². The molecule has 2 aromatic rings. The summed E-state index contributed by atoms with van der Waals surface area (Å²) in [6.07, 6.45) is 0.883. The average Bonchev–Trinajstić information content (AvgIpc) is 3.03. The minimum Gasteiger partial charge on any atom is -0.379 e. The third-order valence-electron chi connectivity index (χ3n) is 3.76. The lowest BCUT2D eigenvalue weighted by Crippen LogP contribution is -2.35. The van der Waals surface area contributed by atoms with Crippen molar-refractivity contribution in [2.24, 2.45) is 0 Å². The highest BCUT2D eigenvalue weighted by molar-refractivity contribution is 7.09. The van der Waals surface area contributed by atoms with Crippen molar-refractivity contribution in [3.05, 3.63) is 41.2 Å². The molecule has 0 saturated carbocycles. The maximum atomic E-state index is 5.38. The fraction of sp³-hybridized carbons (Fsp3) is 0.500. The second kappa shape index (κ2) is 7.67. The largest absolute Gasteiger partial charge is 0.379 e. The van der Waals surface area contributed by atoms with Crippen molar-refractivity contribution in [3.8, 4) is 0 Å². The Labute approximate surface area is 135 Å². The number of nitrogens with one attached hydrogen (secondary N) is 1. The zero-order valence-electron chi connectivity index (χ0n) is 12.9. The number of hydrogen-bond acceptors (Lipinski definition) is 6. The first-order valence-corrected chi connectivity index (χ1v) is 8.55. The van der Waals surface area contributed by atoms with Gasteiger partial charge in [0.15, 0.2) is 0 Å².